The molecule has 3 heterocycles. The van der Waals surface area contributed by atoms with Crippen LogP contribution in [0.1, 0.15) is 11.8 Å². The van der Waals surface area contributed by atoms with Crippen LogP contribution in [0.2, 0.25) is 0 Å². The number of nitrogens with one attached hydrogen (secondary N) is 1. The molecule has 1 amide bonds. The quantitative estimate of drug-likeness (QED) is 0.662. The van der Waals surface area contributed by atoms with Gasteiger partial charge in [0.15, 0.2) is 6.61 Å². The van der Waals surface area contributed by atoms with Crippen LogP contribution in [-0.2, 0) is 9.53 Å². The fraction of sp³-hybridized carbons (Fsp3) is 0.263. The maximum absolute atomic E-state index is 13.0. The van der Waals surface area contributed by atoms with Gasteiger partial charge in [0, 0.05) is 6.54 Å². The van der Waals surface area contributed by atoms with Gasteiger partial charge >= 0.3 is 0 Å². The minimum Gasteiger partial charge on any atom is -0.484 e. The second kappa shape index (κ2) is 8.93. The summed E-state index contributed by atoms with van der Waals surface area (Å²) in [7, 11) is 0. The molecular formula is C19H18FN5O3S. The highest BCUT2D eigenvalue weighted by Gasteiger charge is 2.26. The van der Waals surface area contributed by atoms with Crippen molar-refractivity contribution < 1.29 is 18.7 Å². The Morgan fingerprint density at radius 2 is 2.17 bits per heavy atom. The molecule has 0 aliphatic carbocycles. The van der Waals surface area contributed by atoms with Crippen LogP contribution in [0.25, 0.3) is 0 Å². The molecule has 0 spiro atoms. The molecule has 1 atom stereocenters. The highest BCUT2D eigenvalue weighted by Crippen LogP contribution is 2.23. The van der Waals surface area contributed by atoms with Crippen molar-refractivity contribution >= 4 is 28.2 Å². The number of pyridine rings is 1. The molecule has 1 N–H and O–H groups in total. The van der Waals surface area contributed by atoms with Crippen molar-refractivity contribution in [1.82, 2.24) is 20.1 Å². The molecule has 1 aliphatic rings. The number of morpholine rings is 1. The van der Waals surface area contributed by atoms with Gasteiger partial charge < -0.3 is 19.7 Å². The first-order valence-electron chi connectivity index (χ1n) is 8.95. The van der Waals surface area contributed by atoms with Crippen molar-refractivity contribution in [2.45, 2.75) is 6.10 Å². The Labute approximate surface area is 170 Å². The van der Waals surface area contributed by atoms with Crippen molar-refractivity contribution in [1.29, 1.82) is 0 Å². The summed E-state index contributed by atoms with van der Waals surface area (Å²) in [6.07, 6.45) is -0.338. The van der Waals surface area contributed by atoms with Crippen LogP contribution in [0.5, 0.6) is 5.75 Å². The molecule has 29 heavy (non-hydrogen) atoms. The lowest BCUT2D eigenvalue weighted by Crippen LogP contribution is -2.44. The third-order valence-corrected chi connectivity index (χ3v) is 4.90. The van der Waals surface area contributed by atoms with Gasteiger partial charge in [0.1, 0.15) is 29.0 Å². The van der Waals surface area contributed by atoms with Crippen molar-refractivity contribution in [3.8, 4) is 5.75 Å². The summed E-state index contributed by atoms with van der Waals surface area (Å²) in [6.45, 7) is 1.14. The molecule has 2 aromatic heterocycles. The summed E-state index contributed by atoms with van der Waals surface area (Å²) in [4.78, 5) is 18.8. The summed E-state index contributed by atoms with van der Waals surface area (Å²) < 4.78 is 24.2. The molecule has 150 valence electrons. The van der Waals surface area contributed by atoms with Crippen LogP contribution in [0.3, 0.4) is 0 Å². The van der Waals surface area contributed by atoms with Crippen LogP contribution in [0, 0.1) is 5.82 Å². The molecule has 4 rings (SSSR count). The Balaban J connectivity index is 1.36. The van der Waals surface area contributed by atoms with Crippen molar-refractivity contribution in [3.63, 3.8) is 0 Å². The largest absolute Gasteiger partial charge is 0.484 e. The Bertz CT molecular complexity index is 955. The van der Waals surface area contributed by atoms with Gasteiger partial charge in [-0.05, 0) is 36.4 Å². The first-order valence-corrected chi connectivity index (χ1v) is 9.83. The van der Waals surface area contributed by atoms with E-state index in [4.69, 9.17) is 9.47 Å². The SMILES string of the molecule is O=C(COc1ccc(F)cc1)N1CCOC(c2cccc(Nc3nncs3)n2)C1. The number of hydrogen-bond acceptors (Lipinski definition) is 8. The predicted octanol–water partition coefficient (Wildman–Crippen LogP) is 2.79. The lowest BCUT2D eigenvalue weighted by atomic mass is 10.2. The van der Waals surface area contributed by atoms with E-state index in [1.165, 1.54) is 35.6 Å². The molecule has 0 radical (unpaired) electrons. The van der Waals surface area contributed by atoms with E-state index in [2.05, 4.69) is 20.5 Å². The van der Waals surface area contributed by atoms with Gasteiger partial charge in [0.25, 0.3) is 5.91 Å². The number of carbonyl (C=O) groups is 1. The molecular weight excluding hydrogens is 397 g/mol. The number of carbonyl (C=O) groups excluding carboxylic acids is 1. The van der Waals surface area contributed by atoms with Gasteiger partial charge in [0.2, 0.25) is 5.13 Å². The summed E-state index contributed by atoms with van der Waals surface area (Å²) in [5.74, 6) is 0.563. The van der Waals surface area contributed by atoms with Crippen molar-refractivity contribution in [2.24, 2.45) is 0 Å². The van der Waals surface area contributed by atoms with E-state index in [1.54, 1.807) is 10.4 Å². The van der Waals surface area contributed by atoms with E-state index in [9.17, 15) is 9.18 Å². The monoisotopic (exact) mass is 415 g/mol. The predicted molar refractivity (Wildman–Crippen MR) is 105 cm³/mol. The van der Waals surface area contributed by atoms with E-state index >= 15 is 0 Å². The Hall–Kier alpha value is -3.11. The van der Waals surface area contributed by atoms with E-state index < -0.39 is 0 Å². The van der Waals surface area contributed by atoms with Gasteiger partial charge in [-0.2, -0.15) is 0 Å². The third-order valence-electron chi connectivity index (χ3n) is 4.29. The van der Waals surface area contributed by atoms with E-state index in [-0.39, 0.29) is 24.4 Å². The van der Waals surface area contributed by atoms with Crippen molar-refractivity contribution in [3.05, 3.63) is 59.5 Å². The zero-order valence-electron chi connectivity index (χ0n) is 15.3. The Morgan fingerprint density at radius 1 is 1.31 bits per heavy atom. The average molecular weight is 415 g/mol. The third kappa shape index (κ3) is 5.04. The second-order valence-electron chi connectivity index (χ2n) is 6.26. The standard InChI is InChI=1S/C19H18FN5O3S/c20-13-4-6-14(7-5-13)28-11-18(26)25-8-9-27-16(10-25)15-2-1-3-17(22-15)23-19-24-21-12-29-19/h1-7,12,16H,8-11H2,(H,22,23,24). The van der Waals surface area contributed by atoms with Crippen LogP contribution >= 0.6 is 11.3 Å². The summed E-state index contributed by atoms with van der Waals surface area (Å²) in [6, 6.07) is 11.1. The molecule has 10 heteroatoms. The van der Waals surface area contributed by atoms with Crippen LogP contribution in [0.4, 0.5) is 15.3 Å². The molecule has 0 bridgehead atoms. The Kier molecular flexibility index (Phi) is 5.92. The number of nitrogens with zero attached hydrogens (tertiary/aromatic N) is 4. The van der Waals surface area contributed by atoms with Crippen LogP contribution in [0.15, 0.2) is 48.0 Å². The van der Waals surface area contributed by atoms with E-state index in [0.717, 1.165) is 5.69 Å². The molecule has 3 aromatic rings. The number of benzene rings is 1. The number of aromatic nitrogens is 3. The van der Waals surface area contributed by atoms with Crippen LogP contribution < -0.4 is 10.1 Å². The van der Waals surface area contributed by atoms with Gasteiger partial charge in [-0.25, -0.2) is 9.37 Å². The average Bonchev–Trinajstić information content (AvgIpc) is 3.26. The lowest BCUT2D eigenvalue weighted by molar-refractivity contribution is -0.141. The molecule has 1 fully saturated rings. The minimum absolute atomic E-state index is 0.121. The molecule has 1 unspecified atom stereocenters. The molecule has 1 aliphatic heterocycles. The number of hydrogen-bond donors (Lipinski definition) is 1. The fourth-order valence-electron chi connectivity index (χ4n) is 2.86. The zero-order chi connectivity index (χ0) is 20.1. The number of anilines is 2. The number of ether oxygens (including phenoxy) is 2. The van der Waals surface area contributed by atoms with Gasteiger partial charge in [-0.3, -0.25) is 4.79 Å². The molecule has 1 aromatic carbocycles. The number of amides is 1. The number of halogens is 1. The lowest BCUT2D eigenvalue weighted by Gasteiger charge is -2.32. The van der Waals surface area contributed by atoms with Gasteiger partial charge in [0.05, 0.1) is 18.8 Å². The van der Waals surface area contributed by atoms with E-state index in [1.807, 2.05) is 18.2 Å². The molecule has 1 saturated heterocycles. The van der Waals surface area contributed by atoms with E-state index in [0.29, 0.717) is 36.4 Å². The second-order valence-corrected chi connectivity index (χ2v) is 7.09. The zero-order valence-corrected chi connectivity index (χ0v) is 16.1. The highest BCUT2D eigenvalue weighted by molar-refractivity contribution is 7.13. The maximum Gasteiger partial charge on any atom is 0.260 e. The first-order chi connectivity index (χ1) is 14.2. The van der Waals surface area contributed by atoms with Gasteiger partial charge in [-0.1, -0.05) is 17.4 Å². The van der Waals surface area contributed by atoms with Gasteiger partial charge in [-0.15, -0.1) is 10.2 Å². The first kappa shape index (κ1) is 19.2. The molecule has 0 saturated carbocycles. The smallest absolute Gasteiger partial charge is 0.260 e. The minimum atomic E-state index is -0.352. The fourth-order valence-corrected chi connectivity index (χ4v) is 3.31. The van der Waals surface area contributed by atoms with Crippen LogP contribution in [-0.4, -0.2) is 52.3 Å². The summed E-state index contributed by atoms with van der Waals surface area (Å²) >= 11 is 1.38. The molecule has 8 nitrogen and oxygen atoms in total. The topological polar surface area (TPSA) is 89.5 Å². The van der Waals surface area contributed by atoms with Crippen molar-refractivity contribution in [2.75, 3.05) is 31.6 Å². The highest BCUT2D eigenvalue weighted by atomic mass is 32.1. The normalized spacial score (nSPS) is 16.4. The Morgan fingerprint density at radius 3 is 2.97 bits per heavy atom. The number of rotatable bonds is 6. The summed E-state index contributed by atoms with van der Waals surface area (Å²) in [5.41, 5.74) is 2.35. The summed E-state index contributed by atoms with van der Waals surface area (Å²) in [5, 5.41) is 11.5. The maximum atomic E-state index is 13.0.